The third-order valence-electron chi connectivity index (χ3n) is 3.73. The van der Waals surface area contributed by atoms with Crippen LogP contribution in [0.1, 0.15) is 25.0 Å². The third kappa shape index (κ3) is 2.56. The van der Waals surface area contributed by atoms with Crippen molar-refractivity contribution in [1.29, 1.82) is 5.26 Å². The lowest BCUT2D eigenvalue weighted by Crippen LogP contribution is -2.31. The maximum Gasteiger partial charge on any atom is 0.0890 e. The maximum atomic E-state index is 9.06. The third-order valence-corrected chi connectivity index (χ3v) is 3.73. The Morgan fingerprint density at radius 2 is 2.11 bits per heavy atom. The Hall–Kier alpha value is -1.99. The van der Waals surface area contributed by atoms with Gasteiger partial charge >= 0.3 is 0 Å². The number of para-hydroxylation sites is 2. The van der Waals surface area contributed by atoms with Crippen LogP contribution in [-0.2, 0) is 6.54 Å². The van der Waals surface area contributed by atoms with Gasteiger partial charge in [0.15, 0.2) is 0 Å². The average molecular weight is 252 g/mol. The summed E-state index contributed by atoms with van der Waals surface area (Å²) in [4.78, 5) is 8.98. The predicted octanol–water partition coefficient (Wildman–Crippen LogP) is 2.41. The van der Waals surface area contributed by atoms with Crippen molar-refractivity contribution in [1.82, 2.24) is 15.3 Å². The van der Waals surface area contributed by atoms with E-state index in [1.807, 2.05) is 30.5 Å². The highest BCUT2D eigenvalue weighted by Crippen LogP contribution is 2.25. The second kappa shape index (κ2) is 5.33. The molecule has 1 heterocycles. The van der Waals surface area contributed by atoms with Crippen LogP contribution in [-0.4, -0.2) is 16.0 Å². The van der Waals surface area contributed by atoms with Crippen LogP contribution in [0.25, 0.3) is 11.0 Å². The molecular weight excluding hydrogens is 236 g/mol. The Morgan fingerprint density at radius 3 is 2.95 bits per heavy atom. The molecule has 19 heavy (non-hydrogen) atoms. The number of nitriles is 1. The molecule has 0 saturated heterocycles. The fourth-order valence-electron chi connectivity index (χ4n) is 2.68. The van der Waals surface area contributed by atoms with Crippen molar-refractivity contribution in [3.05, 3.63) is 36.2 Å². The van der Waals surface area contributed by atoms with E-state index in [2.05, 4.69) is 21.4 Å². The SMILES string of the molecule is N#CC1CCCC1NCc1cnc2ccccc2n1. The molecular formula is C15H16N4. The highest BCUT2D eigenvalue weighted by molar-refractivity contribution is 5.73. The number of fused-ring (bicyclic) bond motifs is 1. The molecule has 1 aromatic carbocycles. The minimum absolute atomic E-state index is 0.147. The summed E-state index contributed by atoms with van der Waals surface area (Å²) in [5.74, 6) is 0.147. The van der Waals surface area contributed by atoms with Crippen molar-refractivity contribution in [2.75, 3.05) is 0 Å². The molecule has 2 aromatic rings. The van der Waals surface area contributed by atoms with Gasteiger partial charge in [-0.05, 0) is 25.0 Å². The molecule has 96 valence electrons. The molecule has 0 bridgehead atoms. The van der Waals surface area contributed by atoms with Gasteiger partial charge in [0.2, 0.25) is 0 Å². The normalized spacial score (nSPS) is 22.5. The molecule has 1 N–H and O–H groups in total. The van der Waals surface area contributed by atoms with Crippen LogP contribution in [0.15, 0.2) is 30.5 Å². The van der Waals surface area contributed by atoms with E-state index in [-0.39, 0.29) is 5.92 Å². The van der Waals surface area contributed by atoms with Gasteiger partial charge < -0.3 is 5.32 Å². The van der Waals surface area contributed by atoms with Gasteiger partial charge in [-0.3, -0.25) is 4.98 Å². The van der Waals surface area contributed by atoms with Crippen LogP contribution in [0.4, 0.5) is 0 Å². The van der Waals surface area contributed by atoms with Crippen molar-refractivity contribution < 1.29 is 0 Å². The van der Waals surface area contributed by atoms with E-state index in [1.165, 1.54) is 0 Å². The summed E-state index contributed by atoms with van der Waals surface area (Å²) in [6, 6.07) is 10.5. The Balaban J connectivity index is 1.70. The molecule has 4 heteroatoms. The first kappa shape index (κ1) is 12.1. The van der Waals surface area contributed by atoms with Crippen molar-refractivity contribution in [3.63, 3.8) is 0 Å². The van der Waals surface area contributed by atoms with Gasteiger partial charge in [-0.2, -0.15) is 5.26 Å². The zero-order valence-electron chi connectivity index (χ0n) is 10.7. The Morgan fingerprint density at radius 1 is 1.26 bits per heavy atom. The molecule has 1 aliphatic rings. The number of rotatable bonds is 3. The van der Waals surface area contributed by atoms with E-state index < -0.39 is 0 Å². The quantitative estimate of drug-likeness (QED) is 0.911. The molecule has 1 fully saturated rings. The molecule has 1 aromatic heterocycles. The highest BCUT2D eigenvalue weighted by Gasteiger charge is 2.26. The van der Waals surface area contributed by atoms with Gasteiger partial charge in [0.1, 0.15) is 0 Å². The van der Waals surface area contributed by atoms with Gasteiger partial charge in [0.05, 0.1) is 34.9 Å². The Labute approximate surface area is 112 Å². The van der Waals surface area contributed by atoms with Gasteiger partial charge in [-0.15, -0.1) is 0 Å². The monoisotopic (exact) mass is 252 g/mol. The van der Waals surface area contributed by atoms with Crippen LogP contribution in [0.3, 0.4) is 0 Å². The molecule has 2 unspecified atom stereocenters. The van der Waals surface area contributed by atoms with E-state index in [4.69, 9.17) is 5.26 Å². The summed E-state index contributed by atoms with van der Waals surface area (Å²) in [5.41, 5.74) is 2.77. The number of hydrogen-bond donors (Lipinski definition) is 1. The lowest BCUT2D eigenvalue weighted by Gasteiger charge is -2.15. The van der Waals surface area contributed by atoms with Crippen LogP contribution in [0.5, 0.6) is 0 Å². The van der Waals surface area contributed by atoms with E-state index in [9.17, 15) is 0 Å². The number of nitrogens with one attached hydrogen (secondary N) is 1. The largest absolute Gasteiger partial charge is 0.307 e. The highest BCUT2D eigenvalue weighted by atomic mass is 15.0. The standard InChI is InChI=1S/C15H16N4/c16-8-11-4-3-7-13(11)17-9-12-10-18-14-5-1-2-6-15(14)19-12/h1-2,5-6,10-11,13,17H,3-4,7,9H2. The van der Waals surface area contributed by atoms with Crippen molar-refractivity contribution in [3.8, 4) is 6.07 Å². The summed E-state index contributed by atoms with van der Waals surface area (Å²) in [6.45, 7) is 0.681. The Bertz CT molecular complexity index is 617. The molecule has 0 amide bonds. The van der Waals surface area contributed by atoms with E-state index in [0.29, 0.717) is 12.6 Å². The van der Waals surface area contributed by atoms with Gasteiger partial charge in [0.25, 0.3) is 0 Å². The maximum absolute atomic E-state index is 9.06. The lowest BCUT2D eigenvalue weighted by atomic mass is 10.1. The molecule has 3 rings (SSSR count). The molecule has 4 nitrogen and oxygen atoms in total. The van der Waals surface area contributed by atoms with Gasteiger partial charge in [-0.1, -0.05) is 18.6 Å². The molecule has 1 aliphatic carbocycles. The molecule has 0 aliphatic heterocycles. The van der Waals surface area contributed by atoms with Crippen LogP contribution < -0.4 is 5.32 Å². The second-order valence-corrected chi connectivity index (χ2v) is 5.00. The predicted molar refractivity (Wildman–Crippen MR) is 73.1 cm³/mol. The smallest absolute Gasteiger partial charge is 0.0890 e. The average Bonchev–Trinajstić information content (AvgIpc) is 2.92. The minimum Gasteiger partial charge on any atom is -0.307 e. The topological polar surface area (TPSA) is 61.6 Å². The van der Waals surface area contributed by atoms with Crippen molar-refractivity contribution in [2.45, 2.75) is 31.8 Å². The van der Waals surface area contributed by atoms with Crippen LogP contribution in [0, 0.1) is 17.2 Å². The van der Waals surface area contributed by atoms with Crippen LogP contribution >= 0.6 is 0 Å². The summed E-state index contributed by atoms with van der Waals surface area (Å²) in [7, 11) is 0. The van der Waals surface area contributed by atoms with Gasteiger partial charge in [-0.25, -0.2) is 4.98 Å². The number of hydrogen-bond acceptors (Lipinski definition) is 4. The fourth-order valence-corrected chi connectivity index (χ4v) is 2.68. The van der Waals surface area contributed by atoms with Crippen molar-refractivity contribution in [2.24, 2.45) is 5.92 Å². The number of benzene rings is 1. The first-order valence-corrected chi connectivity index (χ1v) is 6.70. The lowest BCUT2D eigenvalue weighted by molar-refractivity contribution is 0.461. The van der Waals surface area contributed by atoms with Gasteiger partial charge in [0, 0.05) is 12.6 Å². The Kier molecular flexibility index (Phi) is 3.39. The first-order valence-electron chi connectivity index (χ1n) is 6.70. The summed E-state index contributed by atoms with van der Waals surface area (Å²) < 4.78 is 0. The fraction of sp³-hybridized carbons (Fsp3) is 0.400. The summed E-state index contributed by atoms with van der Waals surface area (Å²) in [5, 5.41) is 12.5. The molecule has 0 radical (unpaired) electrons. The molecule has 1 saturated carbocycles. The summed E-state index contributed by atoms with van der Waals surface area (Å²) in [6.07, 6.45) is 5.04. The number of nitrogens with zero attached hydrogens (tertiary/aromatic N) is 3. The summed E-state index contributed by atoms with van der Waals surface area (Å²) >= 11 is 0. The van der Waals surface area contributed by atoms with Crippen molar-refractivity contribution >= 4 is 11.0 Å². The number of aromatic nitrogens is 2. The van der Waals surface area contributed by atoms with Crippen LogP contribution in [0.2, 0.25) is 0 Å². The van der Waals surface area contributed by atoms with E-state index >= 15 is 0 Å². The second-order valence-electron chi connectivity index (χ2n) is 5.00. The minimum atomic E-state index is 0.147. The molecule has 0 spiro atoms. The molecule has 2 atom stereocenters. The van der Waals surface area contributed by atoms with E-state index in [0.717, 1.165) is 36.0 Å². The first-order chi connectivity index (χ1) is 9.36. The van der Waals surface area contributed by atoms with E-state index in [1.54, 1.807) is 0 Å². The zero-order valence-corrected chi connectivity index (χ0v) is 10.7. The zero-order chi connectivity index (χ0) is 13.1.